The van der Waals surface area contributed by atoms with Crippen molar-refractivity contribution in [3.63, 3.8) is 0 Å². The number of aryl methyl sites for hydroxylation is 1. The molecule has 0 radical (unpaired) electrons. The molecule has 0 saturated carbocycles. The van der Waals surface area contributed by atoms with E-state index in [9.17, 15) is 4.79 Å². The van der Waals surface area contributed by atoms with E-state index in [1.807, 2.05) is 79.7 Å². The van der Waals surface area contributed by atoms with Crippen molar-refractivity contribution in [2.75, 3.05) is 7.11 Å². The van der Waals surface area contributed by atoms with E-state index >= 15 is 0 Å². The Morgan fingerprint density at radius 2 is 1.58 bits per heavy atom. The first-order valence-electron chi connectivity index (χ1n) is 8.62. The van der Waals surface area contributed by atoms with Gasteiger partial charge >= 0.3 is 0 Å². The zero-order valence-electron chi connectivity index (χ0n) is 15.1. The number of methoxy groups -OCH3 is 1. The first-order chi connectivity index (χ1) is 12.7. The van der Waals surface area contributed by atoms with E-state index in [0.29, 0.717) is 12.8 Å². The largest absolute Gasteiger partial charge is 0.496 e. The standard InChI is InChI=1S/C23H22O3/c1-17-14-18(12-13-22(17)26-21-9-4-3-5-10-21)15-20(24)16-19-8-6-7-11-23(19)25-2/h3-14H,15-16H2,1-2H3. The van der Waals surface area contributed by atoms with Gasteiger partial charge in [-0.25, -0.2) is 0 Å². The van der Waals surface area contributed by atoms with Gasteiger partial charge < -0.3 is 9.47 Å². The Balaban J connectivity index is 1.66. The number of benzene rings is 3. The van der Waals surface area contributed by atoms with E-state index in [0.717, 1.165) is 33.9 Å². The second kappa shape index (κ2) is 8.34. The average Bonchev–Trinajstić information content (AvgIpc) is 2.65. The highest BCUT2D eigenvalue weighted by molar-refractivity contribution is 5.83. The van der Waals surface area contributed by atoms with Crippen LogP contribution in [-0.4, -0.2) is 12.9 Å². The van der Waals surface area contributed by atoms with E-state index in [-0.39, 0.29) is 5.78 Å². The third-order valence-electron chi connectivity index (χ3n) is 4.19. The number of carbonyl (C=O) groups excluding carboxylic acids is 1. The van der Waals surface area contributed by atoms with Crippen molar-refractivity contribution in [1.82, 2.24) is 0 Å². The summed E-state index contributed by atoms with van der Waals surface area (Å²) < 4.78 is 11.2. The van der Waals surface area contributed by atoms with Gasteiger partial charge in [0.15, 0.2) is 0 Å². The first kappa shape index (κ1) is 17.7. The fourth-order valence-electron chi connectivity index (χ4n) is 2.90. The third kappa shape index (κ3) is 4.51. The van der Waals surface area contributed by atoms with Gasteiger partial charge in [-0.3, -0.25) is 4.79 Å². The number of hydrogen-bond donors (Lipinski definition) is 0. The lowest BCUT2D eigenvalue weighted by atomic mass is 10.0. The lowest BCUT2D eigenvalue weighted by Crippen LogP contribution is -2.08. The maximum atomic E-state index is 12.5. The van der Waals surface area contributed by atoms with Gasteiger partial charge in [-0.2, -0.15) is 0 Å². The molecule has 0 amide bonds. The highest BCUT2D eigenvalue weighted by Crippen LogP contribution is 2.26. The number of ketones is 1. The fraction of sp³-hybridized carbons (Fsp3) is 0.174. The van der Waals surface area contributed by atoms with E-state index < -0.39 is 0 Å². The van der Waals surface area contributed by atoms with Crippen LogP contribution < -0.4 is 9.47 Å². The summed E-state index contributed by atoms with van der Waals surface area (Å²) >= 11 is 0. The predicted octanol–water partition coefficient (Wildman–Crippen LogP) is 5.15. The Labute approximate surface area is 154 Å². The molecule has 3 heteroatoms. The second-order valence-electron chi connectivity index (χ2n) is 6.22. The van der Waals surface area contributed by atoms with Crippen LogP contribution in [0.25, 0.3) is 0 Å². The molecule has 26 heavy (non-hydrogen) atoms. The Bertz CT molecular complexity index is 885. The van der Waals surface area contributed by atoms with Crippen molar-refractivity contribution in [3.05, 3.63) is 89.5 Å². The number of para-hydroxylation sites is 2. The first-order valence-corrected chi connectivity index (χ1v) is 8.62. The molecule has 3 aromatic rings. The third-order valence-corrected chi connectivity index (χ3v) is 4.19. The average molecular weight is 346 g/mol. The predicted molar refractivity (Wildman–Crippen MR) is 103 cm³/mol. The number of hydrogen-bond acceptors (Lipinski definition) is 3. The van der Waals surface area contributed by atoms with Gasteiger partial charge in [-0.05, 0) is 42.3 Å². The molecule has 0 bridgehead atoms. The summed E-state index contributed by atoms with van der Waals surface area (Å²) in [6.07, 6.45) is 0.760. The molecular formula is C23H22O3. The number of Topliss-reactive ketones (excluding diaryl/α,β-unsaturated/α-hetero) is 1. The molecular weight excluding hydrogens is 324 g/mol. The Kier molecular flexibility index (Phi) is 5.69. The van der Waals surface area contributed by atoms with E-state index in [2.05, 4.69) is 0 Å². The van der Waals surface area contributed by atoms with Gasteiger partial charge in [-0.15, -0.1) is 0 Å². The molecule has 0 saturated heterocycles. The number of carbonyl (C=O) groups is 1. The van der Waals surface area contributed by atoms with Crippen LogP contribution in [-0.2, 0) is 17.6 Å². The van der Waals surface area contributed by atoms with Crippen LogP contribution in [0.3, 0.4) is 0 Å². The van der Waals surface area contributed by atoms with Crippen LogP contribution in [0.15, 0.2) is 72.8 Å². The molecule has 0 heterocycles. The van der Waals surface area contributed by atoms with Crippen LogP contribution in [0.2, 0.25) is 0 Å². The maximum Gasteiger partial charge on any atom is 0.141 e. The molecule has 132 valence electrons. The van der Waals surface area contributed by atoms with Crippen LogP contribution in [0.5, 0.6) is 17.2 Å². The summed E-state index contributed by atoms with van der Waals surface area (Å²) in [6, 6.07) is 23.2. The highest BCUT2D eigenvalue weighted by atomic mass is 16.5. The molecule has 0 aromatic heterocycles. The Morgan fingerprint density at radius 1 is 0.846 bits per heavy atom. The molecule has 0 aliphatic rings. The molecule has 0 N–H and O–H groups in total. The summed E-state index contributed by atoms with van der Waals surface area (Å²) in [5.74, 6) is 2.52. The van der Waals surface area contributed by atoms with Crippen LogP contribution >= 0.6 is 0 Å². The van der Waals surface area contributed by atoms with Crippen molar-refractivity contribution >= 4 is 5.78 Å². The molecule has 0 aliphatic carbocycles. The topological polar surface area (TPSA) is 35.5 Å². The molecule has 0 unspecified atom stereocenters. The summed E-state index contributed by atoms with van der Waals surface area (Å²) in [4.78, 5) is 12.5. The van der Waals surface area contributed by atoms with Crippen LogP contribution in [0.1, 0.15) is 16.7 Å². The summed E-state index contributed by atoms with van der Waals surface area (Å²) in [5.41, 5.74) is 2.92. The van der Waals surface area contributed by atoms with Crippen LogP contribution in [0.4, 0.5) is 0 Å². The minimum absolute atomic E-state index is 0.158. The smallest absolute Gasteiger partial charge is 0.141 e. The summed E-state index contributed by atoms with van der Waals surface area (Å²) in [7, 11) is 1.62. The molecule has 0 atom stereocenters. The fourth-order valence-corrected chi connectivity index (χ4v) is 2.90. The minimum Gasteiger partial charge on any atom is -0.496 e. The lowest BCUT2D eigenvalue weighted by molar-refractivity contribution is -0.117. The molecule has 0 fully saturated rings. The van der Waals surface area contributed by atoms with Gasteiger partial charge in [0.05, 0.1) is 7.11 Å². The van der Waals surface area contributed by atoms with Gasteiger partial charge in [0.25, 0.3) is 0 Å². The quantitative estimate of drug-likeness (QED) is 0.593. The minimum atomic E-state index is 0.158. The van der Waals surface area contributed by atoms with Gasteiger partial charge in [0.2, 0.25) is 0 Å². The Hall–Kier alpha value is -3.07. The van der Waals surface area contributed by atoms with Gasteiger partial charge in [0, 0.05) is 18.4 Å². The van der Waals surface area contributed by atoms with E-state index in [4.69, 9.17) is 9.47 Å². The monoisotopic (exact) mass is 346 g/mol. The number of ether oxygens (including phenoxy) is 2. The zero-order valence-corrected chi connectivity index (χ0v) is 15.1. The van der Waals surface area contributed by atoms with E-state index in [1.54, 1.807) is 7.11 Å². The molecule has 3 aromatic carbocycles. The van der Waals surface area contributed by atoms with Crippen molar-refractivity contribution in [2.24, 2.45) is 0 Å². The van der Waals surface area contributed by atoms with Crippen molar-refractivity contribution in [1.29, 1.82) is 0 Å². The highest BCUT2D eigenvalue weighted by Gasteiger charge is 2.10. The summed E-state index contributed by atoms with van der Waals surface area (Å²) in [5, 5.41) is 0. The molecule has 3 rings (SSSR count). The summed E-state index contributed by atoms with van der Waals surface area (Å²) in [6.45, 7) is 1.99. The Morgan fingerprint density at radius 3 is 2.31 bits per heavy atom. The molecule has 0 spiro atoms. The number of rotatable bonds is 7. The van der Waals surface area contributed by atoms with Gasteiger partial charge in [-0.1, -0.05) is 48.5 Å². The molecule has 0 aliphatic heterocycles. The SMILES string of the molecule is COc1ccccc1CC(=O)Cc1ccc(Oc2ccccc2)c(C)c1. The lowest BCUT2D eigenvalue weighted by Gasteiger charge is -2.11. The maximum absolute atomic E-state index is 12.5. The van der Waals surface area contributed by atoms with Crippen LogP contribution in [0, 0.1) is 6.92 Å². The normalized spacial score (nSPS) is 10.4. The molecule has 3 nitrogen and oxygen atoms in total. The van der Waals surface area contributed by atoms with Crippen molar-refractivity contribution in [3.8, 4) is 17.2 Å². The van der Waals surface area contributed by atoms with Gasteiger partial charge in [0.1, 0.15) is 23.0 Å². The second-order valence-corrected chi connectivity index (χ2v) is 6.22. The zero-order chi connectivity index (χ0) is 18.4. The van der Waals surface area contributed by atoms with Crippen molar-refractivity contribution < 1.29 is 14.3 Å². The van der Waals surface area contributed by atoms with Crippen molar-refractivity contribution in [2.45, 2.75) is 19.8 Å². The van der Waals surface area contributed by atoms with E-state index in [1.165, 1.54) is 0 Å².